The first-order chi connectivity index (χ1) is 11.9. The highest BCUT2D eigenvalue weighted by Gasteiger charge is 2.32. The number of aryl methyl sites for hydroxylation is 1. The summed E-state index contributed by atoms with van der Waals surface area (Å²) in [7, 11) is 1.79. The van der Waals surface area contributed by atoms with E-state index in [0.29, 0.717) is 16.6 Å². The average Bonchev–Trinajstić information content (AvgIpc) is 3.11. The molecule has 3 heterocycles. The summed E-state index contributed by atoms with van der Waals surface area (Å²) in [5, 5.41) is 15.9. The molecule has 2 aromatic heterocycles. The number of aliphatic imine (C=N–C) groups is 2. The Morgan fingerprint density at radius 1 is 1.36 bits per heavy atom. The molecule has 0 radical (unpaired) electrons. The van der Waals surface area contributed by atoms with Crippen LogP contribution in [0.4, 0.5) is 0 Å². The summed E-state index contributed by atoms with van der Waals surface area (Å²) in [5.41, 5.74) is 14.6. The van der Waals surface area contributed by atoms with Gasteiger partial charge in [0, 0.05) is 24.2 Å². The maximum atomic E-state index is 6.39. The van der Waals surface area contributed by atoms with Crippen molar-refractivity contribution in [3.8, 4) is 0 Å². The number of amidine groups is 1. The third-order valence-corrected chi connectivity index (χ3v) is 4.20. The second kappa shape index (κ2) is 5.57. The Hall–Kier alpha value is -2.91. The van der Waals surface area contributed by atoms with Gasteiger partial charge in [0.05, 0.1) is 28.9 Å². The smallest absolute Gasteiger partial charge is 0.220 e. The first-order valence-corrected chi connectivity index (χ1v) is 7.92. The predicted octanol–water partition coefficient (Wildman–Crippen LogP) is 0.469. The number of aromatic nitrogens is 4. The zero-order chi connectivity index (χ0) is 17.6. The van der Waals surface area contributed by atoms with Gasteiger partial charge in [0.15, 0.2) is 5.79 Å². The van der Waals surface area contributed by atoms with Crippen molar-refractivity contribution < 1.29 is 0 Å². The third kappa shape index (κ3) is 2.94. The van der Waals surface area contributed by atoms with E-state index >= 15 is 0 Å². The standard InChI is InChI=1S/C15H16ClN9/c1-25-7-10(16)12(24-25)5-15(18)21-13(20-14(17)22-15)8-2-3-9-6-19-23-11(9)4-8/h2-4,6-7H,5,18H2,1H3,(H,19,23)(H3,17,20,21,22). The molecule has 0 fully saturated rings. The summed E-state index contributed by atoms with van der Waals surface area (Å²) in [5.74, 6) is -0.575. The van der Waals surface area contributed by atoms with Crippen molar-refractivity contribution >= 4 is 34.3 Å². The number of nitrogens with zero attached hydrogens (tertiary/aromatic N) is 5. The Morgan fingerprint density at radius 2 is 2.20 bits per heavy atom. The minimum Gasteiger partial charge on any atom is -0.368 e. The van der Waals surface area contributed by atoms with E-state index in [1.54, 1.807) is 24.1 Å². The Bertz CT molecular complexity index is 1020. The molecule has 9 nitrogen and oxygen atoms in total. The van der Waals surface area contributed by atoms with Crippen LogP contribution in [0.25, 0.3) is 10.9 Å². The van der Waals surface area contributed by atoms with E-state index < -0.39 is 5.79 Å². The highest BCUT2D eigenvalue weighted by Crippen LogP contribution is 2.21. The van der Waals surface area contributed by atoms with Crippen LogP contribution >= 0.6 is 11.6 Å². The zero-order valence-electron chi connectivity index (χ0n) is 13.4. The number of nitrogens with one attached hydrogen (secondary N) is 2. The largest absolute Gasteiger partial charge is 0.368 e. The van der Waals surface area contributed by atoms with Crippen LogP contribution in [0.15, 0.2) is 40.6 Å². The third-order valence-electron chi connectivity index (χ3n) is 3.88. The molecule has 1 aliphatic heterocycles. The van der Waals surface area contributed by atoms with Crippen LogP contribution in [0.2, 0.25) is 5.02 Å². The molecule has 0 spiro atoms. The van der Waals surface area contributed by atoms with Gasteiger partial charge in [-0.15, -0.1) is 0 Å². The number of H-pyrrole nitrogens is 1. The number of nitrogens with two attached hydrogens (primary N) is 2. The van der Waals surface area contributed by atoms with E-state index in [0.717, 1.165) is 16.5 Å². The number of guanidine groups is 1. The first-order valence-electron chi connectivity index (χ1n) is 7.54. The van der Waals surface area contributed by atoms with Gasteiger partial charge in [-0.2, -0.15) is 15.2 Å². The first kappa shape index (κ1) is 15.6. The number of fused-ring (bicyclic) bond motifs is 1. The SMILES string of the molecule is Cn1cc(Cl)c(CC2(N)N=C(N)N=C(c3ccc4cn[nH]c4c3)N2)n1. The van der Waals surface area contributed by atoms with E-state index in [2.05, 4.69) is 30.6 Å². The summed E-state index contributed by atoms with van der Waals surface area (Å²) >= 11 is 6.18. The van der Waals surface area contributed by atoms with Crippen molar-refractivity contribution in [1.29, 1.82) is 0 Å². The van der Waals surface area contributed by atoms with E-state index in [1.165, 1.54) is 0 Å². The van der Waals surface area contributed by atoms with Gasteiger partial charge in [0.1, 0.15) is 5.84 Å². The van der Waals surface area contributed by atoms with Gasteiger partial charge in [0.2, 0.25) is 5.96 Å². The van der Waals surface area contributed by atoms with Crippen LogP contribution in [0.3, 0.4) is 0 Å². The van der Waals surface area contributed by atoms with E-state index in [4.69, 9.17) is 23.1 Å². The molecule has 25 heavy (non-hydrogen) atoms. The van der Waals surface area contributed by atoms with Crippen LogP contribution in [0.5, 0.6) is 0 Å². The molecule has 1 aromatic carbocycles. The quantitative estimate of drug-likeness (QED) is 0.540. The fourth-order valence-electron chi connectivity index (χ4n) is 2.79. The van der Waals surface area contributed by atoms with Crippen LogP contribution in [-0.2, 0) is 13.5 Å². The fourth-order valence-corrected chi connectivity index (χ4v) is 3.04. The molecule has 1 aliphatic rings. The molecule has 0 saturated carbocycles. The zero-order valence-corrected chi connectivity index (χ0v) is 14.1. The highest BCUT2D eigenvalue weighted by molar-refractivity contribution is 6.31. The summed E-state index contributed by atoms with van der Waals surface area (Å²) < 4.78 is 1.62. The lowest BCUT2D eigenvalue weighted by Gasteiger charge is -2.30. The molecule has 0 aliphatic carbocycles. The summed E-state index contributed by atoms with van der Waals surface area (Å²) in [6.45, 7) is 0. The Morgan fingerprint density at radius 3 is 2.96 bits per heavy atom. The second-order valence-corrected chi connectivity index (χ2v) is 6.33. The maximum absolute atomic E-state index is 6.39. The molecule has 0 amide bonds. The minimum absolute atomic E-state index is 0.0908. The molecule has 3 aromatic rings. The number of rotatable bonds is 3. The van der Waals surface area contributed by atoms with Crippen LogP contribution in [0.1, 0.15) is 11.3 Å². The molecule has 6 N–H and O–H groups in total. The summed E-state index contributed by atoms with van der Waals surface area (Å²) in [6.07, 6.45) is 3.72. The lowest BCUT2D eigenvalue weighted by molar-refractivity contribution is 0.399. The van der Waals surface area contributed by atoms with Gasteiger partial charge >= 0.3 is 0 Å². The van der Waals surface area contributed by atoms with Crippen molar-refractivity contribution in [1.82, 2.24) is 25.3 Å². The van der Waals surface area contributed by atoms with Crippen molar-refractivity contribution in [2.75, 3.05) is 0 Å². The van der Waals surface area contributed by atoms with Crippen LogP contribution < -0.4 is 16.8 Å². The van der Waals surface area contributed by atoms with Crippen molar-refractivity contribution in [3.63, 3.8) is 0 Å². The van der Waals surface area contributed by atoms with Crippen molar-refractivity contribution in [3.05, 3.63) is 46.9 Å². The number of benzene rings is 1. The Kier molecular flexibility index (Phi) is 3.48. The van der Waals surface area contributed by atoms with Crippen molar-refractivity contribution in [2.45, 2.75) is 12.2 Å². The highest BCUT2D eigenvalue weighted by atomic mass is 35.5. The van der Waals surface area contributed by atoms with Crippen molar-refractivity contribution in [2.24, 2.45) is 28.5 Å². The lowest BCUT2D eigenvalue weighted by Crippen LogP contribution is -2.59. The second-order valence-electron chi connectivity index (χ2n) is 5.93. The van der Waals surface area contributed by atoms with Gasteiger partial charge in [-0.25, -0.2) is 4.99 Å². The number of hydrogen-bond acceptors (Lipinski definition) is 7. The topological polar surface area (TPSA) is 135 Å². The maximum Gasteiger partial charge on any atom is 0.220 e. The molecule has 1 unspecified atom stereocenters. The van der Waals surface area contributed by atoms with Gasteiger partial charge in [-0.05, 0) is 6.07 Å². The van der Waals surface area contributed by atoms with Crippen LogP contribution in [-0.4, -0.2) is 37.6 Å². The van der Waals surface area contributed by atoms with E-state index in [-0.39, 0.29) is 12.4 Å². The van der Waals surface area contributed by atoms with Gasteiger partial charge < -0.3 is 11.1 Å². The van der Waals surface area contributed by atoms with Gasteiger partial charge in [-0.3, -0.25) is 15.5 Å². The van der Waals surface area contributed by atoms with E-state index in [9.17, 15) is 0 Å². The van der Waals surface area contributed by atoms with E-state index in [1.807, 2.05) is 18.2 Å². The fraction of sp³-hybridized carbons (Fsp3) is 0.200. The Labute approximate surface area is 147 Å². The molecular weight excluding hydrogens is 342 g/mol. The molecule has 10 heteroatoms. The molecule has 4 rings (SSSR count). The molecule has 0 saturated heterocycles. The summed E-state index contributed by atoms with van der Waals surface area (Å²) in [4.78, 5) is 8.50. The van der Waals surface area contributed by atoms with Crippen LogP contribution in [0, 0.1) is 0 Å². The Balaban J connectivity index is 1.66. The van der Waals surface area contributed by atoms with Gasteiger partial charge in [-0.1, -0.05) is 23.7 Å². The predicted molar refractivity (Wildman–Crippen MR) is 96.2 cm³/mol. The number of hydrogen-bond donors (Lipinski definition) is 4. The molecular formula is C15H16ClN9. The van der Waals surface area contributed by atoms with Gasteiger partial charge in [0.25, 0.3) is 0 Å². The summed E-state index contributed by atoms with van der Waals surface area (Å²) in [6, 6.07) is 5.77. The molecule has 0 bridgehead atoms. The molecule has 128 valence electrons. The lowest BCUT2D eigenvalue weighted by atomic mass is 10.1. The number of halogens is 1. The monoisotopic (exact) mass is 357 g/mol. The normalized spacial score (nSPS) is 20.3. The number of aromatic amines is 1. The minimum atomic E-state index is -1.19. The molecule has 1 atom stereocenters. The average molecular weight is 358 g/mol.